The fourth-order valence-electron chi connectivity index (χ4n) is 2.10. The molecular formula is C17H20ClN3O2. The zero-order valence-corrected chi connectivity index (χ0v) is 13.9. The maximum Gasteiger partial charge on any atom is 0.251 e. The molecule has 23 heavy (non-hydrogen) atoms. The number of amides is 1. The van der Waals surface area contributed by atoms with Gasteiger partial charge in [0.05, 0.1) is 18.0 Å². The van der Waals surface area contributed by atoms with Gasteiger partial charge in [0.2, 0.25) is 0 Å². The highest BCUT2D eigenvalue weighted by atomic mass is 35.5. The van der Waals surface area contributed by atoms with Gasteiger partial charge in [-0.2, -0.15) is 0 Å². The number of nitrogen functional groups attached to an aromatic ring is 1. The average molecular weight is 334 g/mol. The van der Waals surface area contributed by atoms with Crippen LogP contribution in [0.15, 0.2) is 36.4 Å². The quantitative estimate of drug-likeness (QED) is 0.559. The monoisotopic (exact) mass is 333 g/mol. The van der Waals surface area contributed by atoms with E-state index in [1.807, 2.05) is 25.1 Å². The highest BCUT2D eigenvalue weighted by Crippen LogP contribution is 2.27. The minimum Gasteiger partial charge on any atom is -0.397 e. The van der Waals surface area contributed by atoms with Crippen molar-refractivity contribution in [3.8, 4) is 0 Å². The van der Waals surface area contributed by atoms with Crippen LogP contribution in [0, 0.1) is 6.92 Å². The molecule has 2 aromatic carbocycles. The molecule has 5 nitrogen and oxygen atoms in total. The van der Waals surface area contributed by atoms with E-state index in [4.69, 9.17) is 22.1 Å². The van der Waals surface area contributed by atoms with Gasteiger partial charge in [0.25, 0.3) is 5.91 Å². The molecule has 0 saturated carbocycles. The average Bonchev–Trinajstić information content (AvgIpc) is 2.51. The second kappa shape index (κ2) is 7.85. The summed E-state index contributed by atoms with van der Waals surface area (Å²) in [5, 5.41) is 6.69. The van der Waals surface area contributed by atoms with Gasteiger partial charge in [0, 0.05) is 29.9 Å². The first-order valence-electron chi connectivity index (χ1n) is 7.21. The number of halogens is 1. The lowest BCUT2D eigenvalue weighted by molar-refractivity contribution is 0.0937. The second-order valence-corrected chi connectivity index (χ2v) is 5.57. The van der Waals surface area contributed by atoms with E-state index >= 15 is 0 Å². The zero-order valence-electron chi connectivity index (χ0n) is 13.2. The van der Waals surface area contributed by atoms with Crippen LogP contribution < -0.4 is 16.4 Å². The third kappa shape index (κ3) is 4.61. The molecule has 4 N–H and O–H groups in total. The molecule has 0 heterocycles. The van der Waals surface area contributed by atoms with E-state index in [-0.39, 0.29) is 5.91 Å². The van der Waals surface area contributed by atoms with Crippen LogP contribution in [0.1, 0.15) is 15.9 Å². The minimum atomic E-state index is -0.178. The lowest BCUT2D eigenvalue weighted by Gasteiger charge is -2.13. The molecule has 2 aromatic rings. The van der Waals surface area contributed by atoms with Crippen LogP contribution >= 0.6 is 11.6 Å². The van der Waals surface area contributed by atoms with Crippen LogP contribution in [0.5, 0.6) is 0 Å². The number of anilines is 3. The standard InChI is InChI=1S/C17H20ClN3O2/c1-11-9-13(18)4-6-15(11)21-16-5-3-12(10-14(16)19)17(22)20-7-8-23-2/h3-6,9-10,21H,7-8,19H2,1-2H3,(H,20,22). The molecule has 0 spiro atoms. The fraction of sp³-hybridized carbons (Fsp3) is 0.235. The summed E-state index contributed by atoms with van der Waals surface area (Å²) in [4.78, 5) is 12.0. The molecule has 2 rings (SSSR count). The smallest absolute Gasteiger partial charge is 0.251 e. The summed E-state index contributed by atoms with van der Waals surface area (Å²) in [5.41, 5.74) is 9.73. The van der Waals surface area contributed by atoms with Crippen LogP contribution in [-0.4, -0.2) is 26.2 Å². The van der Waals surface area contributed by atoms with Crippen molar-refractivity contribution in [3.63, 3.8) is 0 Å². The number of benzene rings is 2. The number of carbonyl (C=O) groups is 1. The molecule has 1 amide bonds. The topological polar surface area (TPSA) is 76.4 Å². The van der Waals surface area contributed by atoms with E-state index in [0.717, 1.165) is 16.9 Å². The molecule has 0 aliphatic carbocycles. The number of nitrogens with two attached hydrogens (primary N) is 1. The number of rotatable bonds is 6. The highest BCUT2D eigenvalue weighted by molar-refractivity contribution is 6.30. The Labute approximate surface area is 140 Å². The van der Waals surface area contributed by atoms with Crippen LogP contribution in [-0.2, 0) is 4.74 Å². The predicted molar refractivity (Wildman–Crippen MR) is 94.5 cm³/mol. The predicted octanol–water partition coefficient (Wildman–Crippen LogP) is 3.35. The van der Waals surface area contributed by atoms with Crippen molar-refractivity contribution in [1.82, 2.24) is 5.32 Å². The highest BCUT2D eigenvalue weighted by Gasteiger charge is 2.09. The maximum absolute atomic E-state index is 12.0. The normalized spacial score (nSPS) is 10.4. The van der Waals surface area contributed by atoms with Crippen LogP contribution in [0.2, 0.25) is 5.02 Å². The van der Waals surface area contributed by atoms with Gasteiger partial charge in [-0.15, -0.1) is 0 Å². The van der Waals surface area contributed by atoms with Crippen molar-refractivity contribution >= 4 is 34.6 Å². The van der Waals surface area contributed by atoms with Crippen molar-refractivity contribution in [2.75, 3.05) is 31.3 Å². The first-order valence-corrected chi connectivity index (χ1v) is 7.59. The molecule has 0 aliphatic heterocycles. The Balaban J connectivity index is 2.11. The number of nitrogens with one attached hydrogen (secondary N) is 2. The Hall–Kier alpha value is -2.24. The van der Waals surface area contributed by atoms with Crippen molar-refractivity contribution < 1.29 is 9.53 Å². The van der Waals surface area contributed by atoms with Gasteiger partial charge in [-0.1, -0.05) is 11.6 Å². The molecule has 0 unspecified atom stereocenters. The molecule has 0 aromatic heterocycles. The zero-order chi connectivity index (χ0) is 16.8. The van der Waals surface area contributed by atoms with E-state index < -0.39 is 0 Å². The first-order chi connectivity index (χ1) is 11.0. The molecule has 122 valence electrons. The van der Waals surface area contributed by atoms with Gasteiger partial charge in [-0.05, 0) is 48.9 Å². The van der Waals surface area contributed by atoms with Crippen LogP contribution in [0.3, 0.4) is 0 Å². The largest absolute Gasteiger partial charge is 0.397 e. The van der Waals surface area contributed by atoms with Crippen LogP contribution in [0.25, 0.3) is 0 Å². The molecule has 0 fully saturated rings. The van der Waals surface area contributed by atoms with E-state index in [1.54, 1.807) is 25.3 Å². The molecule has 0 bridgehead atoms. The Kier molecular flexibility index (Phi) is 5.84. The number of methoxy groups -OCH3 is 1. The third-order valence-corrected chi connectivity index (χ3v) is 3.60. The molecule has 0 saturated heterocycles. The minimum absolute atomic E-state index is 0.178. The number of hydrogen-bond donors (Lipinski definition) is 3. The third-order valence-electron chi connectivity index (χ3n) is 3.36. The van der Waals surface area contributed by atoms with Gasteiger partial charge in [0.1, 0.15) is 0 Å². The number of aryl methyl sites for hydroxylation is 1. The number of carbonyl (C=O) groups excluding carboxylic acids is 1. The summed E-state index contributed by atoms with van der Waals surface area (Å²) in [5.74, 6) is -0.178. The van der Waals surface area contributed by atoms with Gasteiger partial charge in [0.15, 0.2) is 0 Å². The Morgan fingerprint density at radius 1 is 1.22 bits per heavy atom. The van der Waals surface area contributed by atoms with E-state index in [0.29, 0.717) is 29.4 Å². The fourth-order valence-corrected chi connectivity index (χ4v) is 2.33. The van der Waals surface area contributed by atoms with Crippen LogP contribution in [0.4, 0.5) is 17.1 Å². The Morgan fingerprint density at radius 3 is 2.61 bits per heavy atom. The lowest BCUT2D eigenvalue weighted by Crippen LogP contribution is -2.27. The van der Waals surface area contributed by atoms with Gasteiger partial charge >= 0.3 is 0 Å². The molecule has 0 radical (unpaired) electrons. The lowest BCUT2D eigenvalue weighted by atomic mass is 10.1. The summed E-state index contributed by atoms with van der Waals surface area (Å²) in [6, 6.07) is 10.7. The Bertz CT molecular complexity index is 704. The number of ether oxygens (including phenoxy) is 1. The summed E-state index contributed by atoms with van der Waals surface area (Å²) in [6.07, 6.45) is 0. The van der Waals surface area contributed by atoms with Gasteiger partial charge in [-0.3, -0.25) is 4.79 Å². The summed E-state index contributed by atoms with van der Waals surface area (Å²) in [7, 11) is 1.59. The van der Waals surface area contributed by atoms with Crippen molar-refractivity contribution in [2.24, 2.45) is 0 Å². The van der Waals surface area contributed by atoms with Gasteiger partial charge in [-0.25, -0.2) is 0 Å². The van der Waals surface area contributed by atoms with E-state index in [2.05, 4.69) is 10.6 Å². The van der Waals surface area contributed by atoms with E-state index in [9.17, 15) is 4.79 Å². The van der Waals surface area contributed by atoms with Crippen molar-refractivity contribution in [1.29, 1.82) is 0 Å². The molecule has 6 heteroatoms. The molecule has 0 aliphatic rings. The van der Waals surface area contributed by atoms with Crippen molar-refractivity contribution in [2.45, 2.75) is 6.92 Å². The summed E-state index contributed by atoms with van der Waals surface area (Å²) >= 11 is 5.95. The second-order valence-electron chi connectivity index (χ2n) is 5.13. The summed E-state index contributed by atoms with van der Waals surface area (Å²) in [6.45, 7) is 2.89. The first kappa shape index (κ1) is 17.1. The maximum atomic E-state index is 12.0. The number of hydrogen-bond acceptors (Lipinski definition) is 4. The summed E-state index contributed by atoms with van der Waals surface area (Å²) < 4.78 is 4.90. The SMILES string of the molecule is COCCNC(=O)c1ccc(Nc2ccc(Cl)cc2C)c(N)c1. The Morgan fingerprint density at radius 2 is 1.96 bits per heavy atom. The molecule has 0 atom stereocenters. The molecular weight excluding hydrogens is 314 g/mol. The van der Waals surface area contributed by atoms with Gasteiger partial charge < -0.3 is 21.1 Å². The van der Waals surface area contributed by atoms with E-state index in [1.165, 1.54) is 0 Å². The van der Waals surface area contributed by atoms with Crippen molar-refractivity contribution in [3.05, 3.63) is 52.5 Å².